The number of hydrogen-bond donors (Lipinski definition) is 1. The summed E-state index contributed by atoms with van der Waals surface area (Å²) in [6.45, 7) is 3.75. The molecule has 0 spiro atoms. The molecule has 4 nitrogen and oxygen atoms in total. The lowest BCUT2D eigenvalue weighted by Gasteiger charge is -2.31. The van der Waals surface area contributed by atoms with Crippen molar-refractivity contribution in [3.05, 3.63) is 54.0 Å². The van der Waals surface area contributed by atoms with Gasteiger partial charge in [0.05, 0.1) is 11.3 Å². The van der Waals surface area contributed by atoms with Crippen LogP contribution in [0.25, 0.3) is 10.8 Å². The number of allylic oxidation sites excluding steroid dienone is 1. The Hall–Kier alpha value is -2.69. The molecule has 22 heavy (non-hydrogen) atoms. The first-order chi connectivity index (χ1) is 10.6. The summed E-state index contributed by atoms with van der Waals surface area (Å²) in [6, 6.07) is 7.31. The smallest absolute Gasteiger partial charge is 0.259 e. The van der Waals surface area contributed by atoms with Crippen molar-refractivity contribution in [2.45, 2.75) is 18.9 Å². The van der Waals surface area contributed by atoms with Gasteiger partial charge in [-0.05, 0) is 31.0 Å². The molecular formula is C17H13FN2O2. The van der Waals surface area contributed by atoms with Gasteiger partial charge in [-0.15, -0.1) is 0 Å². The molecule has 1 fully saturated rings. The number of carbonyl (C=O) groups excluding carboxylic acids is 2. The summed E-state index contributed by atoms with van der Waals surface area (Å²) in [5.41, 5.74) is 1.71. The molecule has 1 saturated heterocycles. The number of amides is 2. The predicted molar refractivity (Wildman–Crippen MR) is 81.0 cm³/mol. The van der Waals surface area contributed by atoms with Gasteiger partial charge >= 0.3 is 0 Å². The number of piperidine rings is 1. The predicted octanol–water partition coefficient (Wildman–Crippen LogP) is 2.73. The largest absolute Gasteiger partial charge is 0.329 e. The quantitative estimate of drug-likeness (QED) is 0.879. The van der Waals surface area contributed by atoms with Gasteiger partial charge in [-0.2, -0.15) is 0 Å². The molecule has 0 bridgehead atoms. The first-order valence-corrected chi connectivity index (χ1v) is 7.11. The number of benzene rings is 2. The highest BCUT2D eigenvalue weighted by atomic mass is 19.1. The van der Waals surface area contributed by atoms with Crippen molar-refractivity contribution >= 4 is 28.3 Å². The molecule has 2 heterocycles. The highest BCUT2D eigenvalue weighted by Gasteiger charge is 2.39. The molecule has 0 aliphatic carbocycles. The van der Waals surface area contributed by atoms with Crippen LogP contribution in [0, 0.1) is 5.82 Å². The Morgan fingerprint density at radius 2 is 2.05 bits per heavy atom. The van der Waals surface area contributed by atoms with Gasteiger partial charge in [0, 0.05) is 16.5 Å². The molecule has 2 aliphatic heterocycles. The fourth-order valence-electron chi connectivity index (χ4n) is 3.29. The van der Waals surface area contributed by atoms with Crippen molar-refractivity contribution in [3.8, 4) is 0 Å². The van der Waals surface area contributed by atoms with E-state index in [1.807, 2.05) is 0 Å². The van der Waals surface area contributed by atoms with Crippen LogP contribution in [0.4, 0.5) is 10.1 Å². The Balaban J connectivity index is 1.89. The average molecular weight is 296 g/mol. The molecular weight excluding hydrogens is 283 g/mol. The van der Waals surface area contributed by atoms with E-state index >= 15 is 0 Å². The van der Waals surface area contributed by atoms with Crippen LogP contribution >= 0.6 is 0 Å². The summed E-state index contributed by atoms with van der Waals surface area (Å²) in [5.74, 6) is -0.856. The number of hydrogen-bond acceptors (Lipinski definition) is 2. The van der Waals surface area contributed by atoms with Crippen LogP contribution in [0.3, 0.4) is 0 Å². The Morgan fingerprint density at radius 3 is 2.82 bits per heavy atom. The van der Waals surface area contributed by atoms with Crippen LogP contribution in [0.5, 0.6) is 0 Å². The maximum absolute atomic E-state index is 14.0. The van der Waals surface area contributed by atoms with Gasteiger partial charge < -0.3 is 5.32 Å². The normalized spacial score (nSPS) is 20.7. The maximum Gasteiger partial charge on any atom is 0.259 e. The number of nitrogens with one attached hydrogen (secondary N) is 1. The Bertz CT molecular complexity index is 859. The lowest BCUT2D eigenvalue weighted by molar-refractivity contribution is -0.122. The number of anilines is 1. The van der Waals surface area contributed by atoms with E-state index in [1.165, 1.54) is 17.0 Å². The van der Waals surface area contributed by atoms with E-state index in [0.717, 1.165) is 0 Å². The summed E-state index contributed by atoms with van der Waals surface area (Å²) in [5, 5.41) is 3.69. The molecule has 1 N–H and O–H groups in total. The standard InChI is InChI=1S/C17H13FN2O2/c1-9-5-8-14(16(21)19-9)20-13-4-2-3-10-12(18)7-6-11(15(10)13)17(20)22/h2-4,6-7,14H,1,5,8H2,(H,19,21). The van der Waals surface area contributed by atoms with E-state index in [9.17, 15) is 14.0 Å². The summed E-state index contributed by atoms with van der Waals surface area (Å²) >= 11 is 0. The molecule has 1 unspecified atom stereocenters. The fourth-order valence-corrected chi connectivity index (χ4v) is 3.29. The first kappa shape index (κ1) is 13.0. The van der Waals surface area contributed by atoms with Crippen molar-refractivity contribution < 1.29 is 14.0 Å². The zero-order valence-electron chi connectivity index (χ0n) is 11.7. The molecule has 4 rings (SSSR count). The second-order valence-corrected chi connectivity index (χ2v) is 5.62. The highest BCUT2D eigenvalue weighted by molar-refractivity contribution is 6.26. The molecule has 0 radical (unpaired) electrons. The summed E-state index contributed by atoms with van der Waals surface area (Å²) in [6.07, 6.45) is 1.14. The van der Waals surface area contributed by atoms with Gasteiger partial charge in [0.25, 0.3) is 5.91 Å². The van der Waals surface area contributed by atoms with E-state index in [1.54, 1.807) is 18.2 Å². The minimum absolute atomic E-state index is 0.241. The molecule has 2 aromatic carbocycles. The minimum atomic E-state index is -0.584. The SMILES string of the molecule is C=C1CCC(N2C(=O)c3ccc(F)c4cccc2c34)C(=O)N1. The van der Waals surface area contributed by atoms with Gasteiger partial charge in [0.2, 0.25) is 5.91 Å². The molecule has 110 valence electrons. The monoisotopic (exact) mass is 296 g/mol. The van der Waals surface area contributed by atoms with Crippen LogP contribution in [0.1, 0.15) is 23.2 Å². The van der Waals surface area contributed by atoms with Gasteiger partial charge in [0.15, 0.2) is 0 Å². The van der Waals surface area contributed by atoms with Crippen molar-refractivity contribution in [1.29, 1.82) is 0 Å². The lowest BCUT2D eigenvalue weighted by atomic mass is 10.0. The third-order valence-corrected chi connectivity index (χ3v) is 4.31. The molecule has 0 saturated carbocycles. The van der Waals surface area contributed by atoms with Crippen molar-refractivity contribution in [3.63, 3.8) is 0 Å². The van der Waals surface area contributed by atoms with E-state index in [4.69, 9.17) is 0 Å². The van der Waals surface area contributed by atoms with Gasteiger partial charge in [-0.1, -0.05) is 18.7 Å². The van der Waals surface area contributed by atoms with Crippen LogP contribution in [0.2, 0.25) is 0 Å². The molecule has 0 aromatic heterocycles. The number of nitrogens with zero attached hydrogens (tertiary/aromatic N) is 1. The average Bonchev–Trinajstić information content (AvgIpc) is 2.77. The summed E-state index contributed by atoms with van der Waals surface area (Å²) in [4.78, 5) is 26.4. The summed E-state index contributed by atoms with van der Waals surface area (Å²) < 4.78 is 14.0. The van der Waals surface area contributed by atoms with Crippen LogP contribution in [-0.4, -0.2) is 17.9 Å². The zero-order valence-corrected chi connectivity index (χ0v) is 11.7. The molecule has 1 atom stereocenters. The van der Waals surface area contributed by atoms with Crippen molar-refractivity contribution in [1.82, 2.24) is 5.32 Å². The first-order valence-electron chi connectivity index (χ1n) is 7.11. The highest BCUT2D eigenvalue weighted by Crippen LogP contribution is 2.40. The topological polar surface area (TPSA) is 49.4 Å². The van der Waals surface area contributed by atoms with Crippen LogP contribution in [-0.2, 0) is 4.79 Å². The minimum Gasteiger partial charge on any atom is -0.329 e. The van der Waals surface area contributed by atoms with Gasteiger partial charge in [-0.25, -0.2) is 4.39 Å². The van der Waals surface area contributed by atoms with E-state index in [2.05, 4.69) is 11.9 Å². The van der Waals surface area contributed by atoms with Crippen molar-refractivity contribution in [2.75, 3.05) is 4.90 Å². The second-order valence-electron chi connectivity index (χ2n) is 5.62. The third-order valence-electron chi connectivity index (χ3n) is 4.31. The summed E-state index contributed by atoms with van der Waals surface area (Å²) in [7, 11) is 0. The molecule has 2 amide bonds. The third kappa shape index (κ3) is 1.62. The fraction of sp³-hybridized carbons (Fsp3) is 0.176. The van der Waals surface area contributed by atoms with Gasteiger partial charge in [-0.3, -0.25) is 14.5 Å². The molecule has 5 heteroatoms. The Kier molecular flexibility index (Phi) is 2.60. The Labute approximate surface area is 126 Å². The Morgan fingerprint density at radius 1 is 1.23 bits per heavy atom. The molecule has 2 aromatic rings. The number of carbonyl (C=O) groups is 2. The van der Waals surface area contributed by atoms with Crippen LogP contribution in [0.15, 0.2) is 42.6 Å². The van der Waals surface area contributed by atoms with E-state index < -0.39 is 6.04 Å². The van der Waals surface area contributed by atoms with Crippen LogP contribution < -0.4 is 10.2 Å². The maximum atomic E-state index is 14.0. The number of halogens is 1. The lowest BCUT2D eigenvalue weighted by Crippen LogP contribution is -2.51. The second kappa shape index (κ2) is 4.40. The molecule has 2 aliphatic rings. The van der Waals surface area contributed by atoms with E-state index in [0.29, 0.717) is 40.6 Å². The number of rotatable bonds is 1. The van der Waals surface area contributed by atoms with Gasteiger partial charge in [0.1, 0.15) is 11.9 Å². The van der Waals surface area contributed by atoms with E-state index in [-0.39, 0.29) is 17.6 Å². The zero-order chi connectivity index (χ0) is 15.4. The van der Waals surface area contributed by atoms with Crippen molar-refractivity contribution in [2.24, 2.45) is 0 Å².